The number of carbonyl (C=O) groups excluding carboxylic acids is 2. The van der Waals surface area contributed by atoms with Crippen LogP contribution in [0.5, 0.6) is 11.8 Å². The molecule has 1 aromatic carbocycles. The van der Waals surface area contributed by atoms with Crippen LogP contribution < -0.4 is 15.8 Å². The minimum absolute atomic E-state index is 0.0151. The van der Waals surface area contributed by atoms with Gasteiger partial charge in [-0.1, -0.05) is 0 Å². The van der Waals surface area contributed by atoms with Crippen molar-refractivity contribution in [2.24, 2.45) is 17.1 Å². The molecule has 3 N–H and O–H groups in total. The number of aryl methyl sites for hydroxylation is 1. The predicted octanol–water partition coefficient (Wildman–Crippen LogP) is 1.94. The van der Waals surface area contributed by atoms with Gasteiger partial charge in [0.1, 0.15) is 0 Å². The van der Waals surface area contributed by atoms with Crippen LogP contribution in [0, 0.1) is 24.1 Å². The Hall–Kier alpha value is -3.07. The predicted molar refractivity (Wildman–Crippen MR) is 96.0 cm³/mol. The SMILES string of the molecule is COC12CC(C(N)=O)(C1)C2C(=O)Nc1cc(C)c(Oc2ncccn2)c(F)c1. The summed E-state index contributed by atoms with van der Waals surface area (Å²) in [5.41, 5.74) is 4.64. The summed E-state index contributed by atoms with van der Waals surface area (Å²) in [6.45, 7) is 1.64. The van der Waals surface area contributed by atoms with Crippen LogP contribution >= 0.6 is 0 Å². The van der Waals surface area contributed by atoms with E-state index in [1.165, 1.54) is 19.5 Å². The molecule has 2 aromatic rings. The quantitative estimate of drug-likeness (QED) is 0.784. The Balaban J connectivity index is 1.53. The average Bonchev–Trinajstić information content (AvgIpc) is 2.57. The van der Waals surface area contributed by atoms with Gasteiger partial charge >= 0.3 is 6.01 Å². The molecule has 1 heterocycles. The second-order valence-electron chi connectivity index (χ2n) is 7.30. The molecule has 0 radical (unpaired) electrons. The summed E-state index contributed by atoms with van der Waals surface area (Å²) in [4.78, 5) is 32.3. The average molecular weight is 386 g/mol. The standard InChI is InChI=1S/C19H19FN4O4/c1-10-6-11(7-12(20)13(10)28-17-22-4-3-5-23-17)24-15(25)14-18(16(21)26)8-19(14,9-18)27-2/h3-7,14H,8-9H2,1-2H3,(H2,21,26)(H,24,25). The Labute approximate surface area is 160 Å². The minimum atomic E-state index is -0.874. The second kappa shape index (κ2) is 6.23. The molecule has 1 aromatic heterocycles. The number of amides is 2. The number of hydrogen-bond donors (Lipinski definition) is 2. The molecule has 3 fully saturated rings. The highest BCUT2D eigenvalue weighted by Crippen LogP contribution is 2.73. The molecule has 2 bridgehead atoms. The van der Waals surface area contributed by atoms with Crippen LogP contribution in [-0.4, -0.2) is 34.5 Å². The molecule has 5 rings (SSSR count). The Kier molecular flexibility index (Phi) is 4.07. The molecule has 0 saturated heterocycles. The molecule has 1 atom stereocenters. The number of anilines is 1. The van der Waals surface area contributed by atoms with Crippen LogP contribution in [0.1, 0.15) is 18.4 Å². The number of methoxy groups -OCH3 is 1. The summed E-state index contributed by atoms with van der Waals surface area (Å²) < 4.78 is 25.4. The van der Waals surface area contributed by atoms with Gasteiger partial charge in [-0.25, -0.2) is 14.4 Å². The van der Waals surface area contributed by atoms with Crippen molar-refractivity contribution < 1.29 is 23.5 Å². The van der Waals surface area contributed by atoms with Gasteiger partial charge in [-0.2, -0.15) is 0 Å². The second-order valence-corrected chi connectivity index (χ2v) is 7.30. The number of halogens is 1. The summed E-state index contributed by atoms with van der Waals surface area (Å²) in [7, 11) is 1.51. The van der Waals surface area contributed by atoms with E-state index in [0.29, 0.717) is 18.4 Å². The first-order valence-corrected chi connectivity index (χ1v) is 8.72. The van der Waals surface area contributed by atoms with Crippen molar-refractivity contribution in [1.82, 2.24) is 9.97 Å². The lowest BCUT2D eigenvalue weighted by Gasteiger charge is -2.72. The topological polar surface area (TPSA) is 116 Å². The molecular formula is C19H19FN4O4. The number of nitrogens with two attached hydrogens (primary N) is 1. The lowest BCUT2D eigenvalue weighted by Crippen LogP contribution is -2.82. The number of benzene rings is 1. The molecule has 3 aliphatic rings. The van der Waals surface area contributed by atoms with E-state index < -0.39 is 34.6 Å². The van der Waals surface area contributed by atoms with Gasteiger partial charge in [0, 0.05) is 31.3 Å². The van der Waals surface area contributed by atoms with E-state index in [-0.39, 0.29) is 17.4 Å². The van der Waals surface area contributed by atoms with Crippen molar-refractivity contribution in [3.63, 3.8) is 0 Å². The maximum absolute atomic E-state index is 14.5. The van der Waals surface area contributed by atoms with Gasteiger partial charge in [0.05, 0.1) is 16.9 Å². The van der Waals surface area contributed by atoms with Crippen molar-refractivity contribution in [3.8, 4) is 11.8 Å². The first kappa shape index (κ1) is 18.3. The fourth-order valence-electron chi connectivity index (χ4n) is 4.31. The zero-order chi connectivity index (χ0) is 20.1. The third kappa shape index (κ3) is 2.54. The number of hydrogen-bond acceptors (Lipinski definition) is 6. The summed E-state index contributed by atoms with van der Waals surface area (Å²) in [5, 5.41) is 2.66. The van der Waals surface area contributed by atoms with E-state index in [0.717, 1.165) is 6.07 Å². The first-order valence-electron chi connectivity index (χ1n) is 8.72. The van der Waals surface area contributed by atoms with E-state index in [1.807, 2.05) is 0 Å². The largest absolute Gasteiger partial charge is 0.421 e. The van der Waals surface area contributed by atoms with Crippen molar-refractivity contribution in [2.45, 2.75) is 25.4 Å². The van der Waals surface area contributed by atoms with E-state index in [1.54, 1.807) is 19.1 Å². The minimum Gasteiger partial charge on any atom is -0.421 e. The third-order valence-electron chi connectivity index (χ3n) is 5.70. The molecule has 0 spiro atoms. The Morgan fingerprint density at radius 1 is 1.29 bits per heavy atom. The number of ether oxygens (including phenoxy) is 2. The van der Waals surface area contributed by atoms with E-state index >= 15 is 0 Å². The Bertz CT molecular complexity index is 937. The van der Waals surface area contributed by atoms with Gasteiger partial charge in [0.2, 0.25) is 11.8 Å². The van der Waals surface area contributed by atoms with Crippen LogP contribution in [0.3, 0.4) is 0 Å². The summed E-state index contributed by atoms with van der Waals surface area (Å²) >= 11 is 0. The van der Waals surface area contributed by atoms with E-state index in [4.69, 9.17) is 15.2 Å². The normalized spacial score (nSPS) is 27.3. The number of aromatic nitrogens is 2. The number of carbonyl (C=O) groups is 2. The van der Waals surface area contributed by atoms with Crippen LogP contribution in [0.2, 0.25) is 0 Å². The molecule has 28 heavy (non-hydrogen) atoms. The summed E-state index contributed by atoms with van der Waals surface area (Å²) in [6, 6.07) is 4.34. The smallest absolute Gasteiger partial charge is 0.321 e. The number of nitrogens with one attached hydrogen (secondary N) is 1. The van der Waals surface area contributed by atoms with Crippen molar-refractivity contribution in [2.75, 3.05) is 12.4 Å². The van der Waals surface area contributed by atoms with E-state index in [2.05, 4.69) is 15.3 Å². The van der Waals surface area contributed by atoms with Gasteiger partial charge in [-0.15, -0.1) is 0 Å². The zero-order valence-corrected chi connectivity index (χ0v) is 15.4. The molecule has 8 nitrogen and oxygen atoms in total. The first-order chi connectivity index (χ1) is 13.3. The van der Waals surface area contributed by atoms with Gasteiger partial charge in [0.15, 0.2) is 11.6 Å². The monoisotopic (exact) mass is 386 g/mol. The summed E-state index contributed by atoms with van der Waals surface area (Å²) in [6.07, 6.45) is 3.82. The lowest BCUT2D eigenvalue weighted by molar-refractivity contribution is -0.301. The van der Waals surface area contributed by atoms with Crippen molar-refractivity contribution in [1.29, 1.82) is 0 Å². The fourth-order valence-corrected chi connectivity index (χ4v) is 4.31. The molecule has 146 valence electrons. The van der Waals surface area contributed by atoms with Crippen molar-refractivity contribution >= 4 is 17.5 Å². The third-order valence-corrected chi connectivity index (χ3v) is 5.70. The van der Waals surface area contributed by atoms with Gasteiger partial charge in [-0.05, 0) is 37.5 Å². The van der Waals surface area contributed by atoms with Gasteiger partial charge < -0.3 is 20.5 Å². The van der Waals surface area contributed by atoms with E-state index in [9.17, 15) is 14.0 Å². The van der Waals surface area contributed by atoms with Crippen LogP contribution in [0.25, 0.3) is 0 Å². The molecule has 9 heteroatoms. The maximum atomic E-state index is 14.5. The summed E-state index contributed by atoms with van der Waals surface area (Å²) in [5.74, 6) is -2.32. The maximum Gasteiger partial charge on any atom is 0.321 e. The highest BCUT2D eigenvalue weighted by molar-refractivity contribution is 6.02. The van der Waals surface area contributed by atoms with Crippen LogP contribution in [-0.2, 0) is 14.3 Å². The van der Waals surface area contributed by atoms with Crippen LogP contribution in [0.4, 0.5) is 10.1 Å². The molecule has 0 aliphatic heterocycles. The molecule has 2 amide bonds. The highest BCUT2D eigenvalue weighted by Gasteiger charge is 2.81. The zero-order valence-electron chi connectivity index (χ0n) is 15.4. The highest BCUT2D eigenvalue weighted by atomic mass is 19.1. The van der Waals surface area contributed by atoms with Gasteiger partial charge in [-0.3, -0.25) is 9.59 Å². The lowest BCUT2D eigenvalue weighted by atomic mass is 9.34. The number of primary amides is 1. The Morgan fingerprint density at radius 2 is 1.96 bits per heavy atom. The fraction of sp³-hybridized carbons (Fsp3) is 0.368. The van der Waals surface area contributed by atoms with Gasteiger partial charge in [0.25, 0.3) is 0 Å². The molecule has 1 unspecified atom stereocenters. The van der Waals surface area contributed by atoms with Crippen LogP contribution in [0.15, 0.2) is 30.6 Å². The molecule has 3 aliphatic carbocycles. The van der Waals surface area contributed by atoms with Crippen molar-refractivity contribution in [3.05, 3.63) is 42.0 Å². The molecular weight excluding hydrogens is 367 g/mol. The number of rotatable bonds is 6. The molecule has 3 saturated carbocycles. The Morgan fingerprint density at radius 3 is 2.54 bits per heavy atom. The number of nitrogens with zero attached hydrogens (tertiary/aromatic N) is 2.